The van der Waals surface area contributed by atoms with Crippen LogP contribution in [0.4, 0.5) is 0 Å². The summed E-state index contributed by atoms with van der Waals surface area (Å²) < 4.78 is 6.65. The number of nitrogens with zero attached hydrogens (tertiary/aromatic N) is 1. The number of hydrogen-bond acceptors (Lipinski definition) is 3. The molecule has 0 bridgehead atoms. The summed E-state index contributed by atoms with van der Waals surface area (Å²) in [6.45, 7) is 0. The summed E-state index contributed by atoms with van der Waals surface area (Å²) in [5.41, 5.74) is -0.124. The van der Waals surface area contributed by atoms with E-state index in [1.165, 1.54) is 7.11 Å². The molecule has 1 fully saturated rings. The van der Waals surface area contributed by atoms with Crippen LogP contribution in [-0.2, 0) is 15.1 Å². The quantitative estimate of drug-likeness (QED) is 0.616. The van der Waals surface area contributed by atoms with E-state index in [4.69, 9.17) is 4.74 Å². The first-order chi connectivity index (χ1) is 7.74. The highest BCUT2D eigenvalue weighted by Crippen LogP contribution is 2.38. The number of carbonyl (C=O) groups is 2. The van der Waals surface area contributed by atoms with E-state index in [9.17, 15) is 9.59 Å². The number of ether oxygens (including phenoxy) is 1. The molecule has 5 heteroatoms. The van der Waals surface area contributed by atoms with Gasteiger partial charge in [0.1, 0.15) is 5.54 Å². The van der Waals surface area contributed by atoms with Crippen LogP contribution in [0.5, 0.6) is 0 Å². The number of methoxy groups -OCH3 is 1. The SMILES string of the molecule is COC(=O)C1(n2cccc2C=O)CCCC1.Cl. The minimum Gasteiger partial charge on any atom is -0.467 e. The van der Waals surface area contributed by atoms with Crippen molar-refractivity contribution in [2.75, 3.05) is 7.11 Å². The normalized spacial score (nSPS) is 17.2. The largest absolute Gasteiger partial charge is 0.467 e. The predicted molar refractivity (Wildman–Crippen MR) is 65.5 cm³/mol. The summed E-state index contributed by atoms with van der Waals surface area (Å²) in [7, 11) is 1.40. The van der Waals surface area contributed by atoms with Gasteiger partial charge in [0.05, 0.1) is 12.8 Å². The zero-order valence-corrected chi connectivity index (χ0v) is 10.5. The summed E-state index contributed by atoms with van der Waals surface area (Å²) in [5.74, 6) is -0.246. The molecule has 0 aliphatic heterocycles. The molecular weight excluding hydrogens is 242 g/mol. The Labute approximate surface area is 106 Å². The van der Waals surface area contributed by atoms with Crippen LogP contribution in [0.1, 0.15) is 36.2 Å². The highest BCUT2D eigenvalue weighted by molar-refractivity contribution is 5.85. The van der Waals surface area contributed by atoms with Crippen molar-refractivity contribution >= 4 is 24.7 Å². The number of carbonyl (C=O) groups excluding carboxylic acids is 2. The van der Waals surface area contributed by atoms with Gasteiger partial charge in [-0.25, -0.2) is 4.79 Å². The van der Waals surface area contributed by atoms with Crippen molar-refractivity contribution in [3.63, 3.8) is 0 Å². The molecule has 0 unspecified atom stereocenters. The van der Waals surface area contributed by atoms with Gasteiger partial charge in [-0.2, -0.15) is 0 Å². The number of aromatic nitrogens is 1. The summed E-state index contributed by atoms with van der Waals surface area (Å²) in [4.78, 5) is 22.9. The van der Waals surface area contributed by atoms with E-state index in [2.05, 4.69) is 0 Å². The van der Waals surface area contributed by atoms with Gasteiger partial charge in [0.2, 0.25) is 0 Å². The third-order valence-electron chi connectivity index (χ3n) is 3.36. The highest BCUT2D eigenvalue weighted by atomic mass is 35.5. The topological polar surface area (TPSA) is 48.3 Å². The van der Waals surface area contributed by atoms with Crippen LogP contribution in [-0.4, -0.2) is 23.9 Å². The van der Waals surface area contributed by atoms with Crippen LogP contribution in [0.25, 0.3) is 0 Å². The van der Waals surface area contributed by atoms with Crippen LogP contribution in [0.3, 0.4) is 0 Å². The lowest BCUT2D eigenvalue weighted by Gasteiger charge is -2.29. The van der Waals surface area contributed by atoms with Crippen LogP contribution in [0.15, 0.2) is 18.3 Å². The van der Waals surface area contributed by atoms with Crippen LogP contribution < -0.4 is 0 Å². The molecule has 0 atom stereocenters. The molecule has 0 radical (unpaired) electrons. The van der Waals surface area contributed by atoms with Gasteiger partial charge in [0.15, 0.2) is 6.29 Å². The van der Waals surface area contributed by atoms with Crippen LogP contribution >= 0.6 is 12.4 Å². The Morgan fingerprint density at radius 1 is 1.47 bits per heavy atom. The summed E-state index contributed by atoms with van der Waals surface area (Å²) in [6, 6.07) is 3.50. The monoisotopic (exact) mass is 257 g/mol. The van der Waals surface area contributed by atoms with E-state index in [1.54, 1.807) is 22.9 Å². The Morgan fingerprint density at radius 3 is 2.65 bits per heavy atom. The number of hydrogen-bond donors (Lipinski definition) is 0. The smallest absolute Gasteiger partial charge is 0.332 e. The molecule has 1 aliphatic rings. The highest BCUT2D eigenvalue weighted by Gasteiger charge is 2.44. The number of halogens is 1. The first kappa shape index (κ1) is 13.8. The van der Waals surface area contributed by atoms with Crippen LogP contribution in [0, 0.1) is 0 Å². The molecule has 0 N–H and O–H groups in total. The maximum Gasteiger partial charge on any atom is 0.332 e. The van der Waals surface area contributed by atoms with Crippen molar-refractivity contribution in [1.82, 2.24) is 4.57 Å². The molecule has 17 heavy (non-hydrogen) atoms. The number of aldehydes is 1. The maximum atomic E-state index is 11.9. The minimum absolute atomic E-state index is 0. The molecule has 2 rings (SSSR count). The molecule has 1 aliphatic carbocycles. The van der Waals surface area contributed by atoms with Gasteiger partial charge < -0.3 is 9.30 Å². The first-order valence-electron chi connectivity index (χ1n) is 5.46. The summed E-state index contributed by atoms with van der Waals surface area (Å²) >= 11 is 0. The molecule has 0 amide bonds. The van der Waals surface area contributed by atoms with Crippen molar-refractivity contribution in [2.24, 2.45) is 0 Å². The van der Waals surface area contributed by atoms with Crippen molar-refractivity contribution in [1.29, 1.82) is 0 Å². The Hall–Kier alpha value is -1.29. The lowest BCUT2D eigenvalue weighted by atomic mass is 9.97. The fraction of sp³-hybridized carbons (Fsp3) is 0.500. The second-order valence-corrected chi connectivity index (χ2v) is 4.15. The molecule has 0 spiro atoms. The van der Waals surface area contributed by atoms with Crippen molar-refractivity contribution in [3.8, 4) is 0 Å². The average Bonchev–Trinajstić information content (AvgIpc) is 2.96. The molecule has 1 saturated carbocycles. The molecule has 94 valence electrons. The third kappa shape index (κ3) is 2.09. The zero-order valence-electron chi connectivity index (χ0n) is 9.72. The van der Waals surface area contributed by atoms with Crippen molar-refractivity contribution in [3.05, 3.63) is 24.0 Å². The van der Waals surface area contributed by atoms with Gasteiger partial charge in [0.25, 0.3) is 0 Å². The van der Waals surface area contributed by atoms with E-state index in [-0.39, 0.29) is 18.4 Å². The lowest BCUT2D eigenvalue weighted by molar-refractivity contribution is -0.151. The van der Waals surface area contributed by atoms with Gasteiger partial charge in [-0.1, -0.05) is 12.8 Å². The minimum atomic E-state index is -0.658. The van der Waals surface area contributed by atoms with E-state index in [0.717, 1.165) is 32.0 Å². The van der Waals surface area contributed by atoms with E-state index >= 15 is 0 Å². The third-order valence-corrected chi connectivity index (χ3v) is 3.36. The molecule has 0 aromatic carbocycles. The average molecular weight is 258 g/mol. The number of rotatable bonds is 3. The fourth-order valence-corrected chi connectivity index (χ4v) is 2.57. The Balaban J connectivity index is 0.00000144. The fourth-order valence-electron chi connectivity index (χ4n) is 2.57. The second-order valence-electron chi connectivity index (χ2n) is 4.15. The predicted octanol–water partition coefficient (Wildman–Crippen LogP) is 2.16. The standard InChI is InChI=1S/C12H15NO3.ClH/c1-16-11(15)12(6-2-3-7-12)13-8-4-5-10(13)9-14;/h4-5,8-9H,2-3,6-7H2,1H3;1H. The van der Waals surface area contributed by atoms with Crippen molar-refractivity contribution in [2.45, 2.75) is 31.2 Å². The zero-order chi connectivity index (χ0) is 11.6. The summed E-state index contributed by atoms with van der Waals surface area (Å²) in [6.07, 6.45) is 6.04. The Morgan fingerprint density at radius 2 is 2.12 bits per heavy atom. The Bertz CT molecular complexity index is 408. The molecular formula is C12H16ClNO3. The van der Waals surface area contributed by atoms with Crippen molar-refractivity contribution < 1.29 is 14.3 Å². The van der Waals surface area contributed by atoms with Gasteiger partial charge in [-0.15, -0.1) is 12.4 Å². The van der Waals surface area contributed by atoms with E-state index in [0.29, 0.717) is 5.69 Å². The lowest BCUT2D eigenvalue weighted by Crippen LogP contribution is -2.40. The Kier molecular flexibility index (Phi) is 4.34. The van der Waals surface area contributed by atoms with Gasteiger partial charge >= 0.3 is 5.97 Å². The number of esters is 1. The van der Waals surface area contributed by atoms with Gasteiger partial charge in [0, 0.05) is 6.20 Å². The van der Waals surface area contributed by atoms with Gasteiger partial charge in [-0.05, 0) is 25.0 Å². The van der Waals surface area contributed by atoms with E-state index in [1.807, 2.05) is 0 Å². The summed E-state index contributed by atoms with van der Waals surface area (Å²) in [5, 5.41) is 0. The molecule has 1 aromatic rings. The van der Waals surface area contributed by atoms with Gasteiger partial charge in [-0.3, -0.25) is 4.79 Å². The van der Waals surface area contributed by atoms with Crippen LogP contribution in [0.2, 0.25) is 0 Å². The van der Waals surface area contributed by atoms with E-state index < -0.39 is 5.54 Å². The molecule has 1 aromatic heterocycles. The second kappa shape index (κ2) is 5.36. The molecule has 1 heterocycles. The maximum absolute atomic E-state index is 11.9. The molecule has 0 saturated heterocycles. The first-order valence-corrected chi connectivity index (χ1v) is 5.46. The molecule has 4 nitrogen and oxygen atoms in total.